The minimum atomic E-state index is -0.0393. The van der Waals surface area contributed by atoms with Crippen LogP contribution >= 0.6 is 0 Å². The summed E-state index contributed by atoms with van der Waals surface area (Å²) in [6.45, 7) is 7.14. The molecule has 0 bridgehead atoms. The Morgan fingerprint density at radius 3 is 2.43 bits per heavy atom. The summed E-state index contributed by atoms with van der Waals surface area (Å²) in [6.07, 6.45) is 5.33. The topological polar surface area (TPSA) is 35.9 Å². The number of ether oxygens (including phenoxy) is 1. The Bertz CT molecular complexity index is 469. The van der Waals surface area contributed by atoms with Gasteiger partial charge in [-0.05, 0) is 37.5 Å². The Kier molecular flexibility index (Phi) is 5.92. The first kappa shape index (κ1) is 16.7. The minimum Gasteiger partial charge on any atom is -0.394 e. The van der Waals surface area contributed by atoms with Gasteiger partial charge in [-0.3, -0.25) is 4.90 Å². The fourth-order valence-electron chi connectivity index (χ4n) is 3.58. The molecule has 0 aliphatic carbocycles. The van der Waals surface area contributed by atoms with Crippen molar-refractivity contribution in [2.24, 2.45) is 0 Å². The molecule has 1 aromatic rings. The normalized spacial score (nSPS) is 27.0. The standard InChI is InChI=1S/C19H30N2O2/c1-16-15-23-19(14-22)13-21(16)12-17-6-8-18(9-7-17)20-10-4-2-3-5-11-20/h6-9,16,19,22H,2-5,10-15H2,1H3. The van der Waals surface area contributed by atoms with Gasteiger partial charge in [-0.15, -0.1) is 0 Å². The van der Waals surface area contributed by atoms with E-state index in [1.165, 1.54) is 50.0 Å². The molecule has 2 heterocycles. The predicted molar refractivity (Wildman–Crippen MR) is 93.8 cm³/mol. The fraction of sp³-hybridized carbons (Fsp3) is 0.684. The summed E-state index contributed by atoms with van der Waals surface area (Å²) < 4.78 is 5.62. The number of hydrogen-bond acceptors (Lipinski definition) is 4. The van der Waals surface area contributed by atoms with Gasteiger partial charge >= 0.3 is 0 Å². The van der Waals surface area contributed by atoms with Crippen LogP contribution in [0.2, 0.25) is 0 Å². The minimum absolute atomic E-state index is 0.0393. The van der Waals surface area contributed by atoms with Crippen LogP contribution in [0.3, 0.4) is 0 Å². The van der Waals surface area contributed by atoms with E-state index >= 15 is 0 Å². The maximum Gasteiger partial charge on any atom is 0.0933 e. The fourth-order valence-corrected chi connectivity index (χ4v) is 3.58. The first-order valence-electron chi connectivity index (χ1n) is 9.06. The average molecular weight is 318 g/mol. The molecule has 128 valence electrons. The lowest BCUT2D eigenvalue weighted by molar-refractivity contribution is -0.0805. The molecule has 0 spiro atoms. The van der Waals surface area contributed by atoms with Crippen molar-refractivity contribution >= 4 is 5.69 Å². The molecular formula is C19H30N2O2. The molecule has 3 rings (SSSR count). The van der Waals surface area contributed by atoms with Crippen LogP contribution < -0.4 is 4.90 Å². The van der Waals surface area contributed by atoms with Crippen LogP contribution in [0, 0.1) is 0 Å². The number of morpholine rings is 1. The maximum absolute atomic E-state index is 9.31. The molecule has 0 amide bonds. The second-order valence-corrected chi connectivity index (χ2v) is 6.98. The number of anilines is 1. The largest absolute Gasteiger partial charge is 0.394 e. The molecule has 2 atom stereocenters. The van der Waals surface area contributed by atoms with Crippen molar-refractivity contribution in [3.05, 3.63) is 29.8 Å². The second kappa shape index (κ2) is 8.13. The maximum atomic E-state index is 9.31. The molecule has 0 radical (unpaired) electrons. The zero-order valence-corrected chi connectivity index (χ0v) is 14.3. The SMILES string of the molecule is CC1COC(CO)CN1Cc1ccc(N2CCCCCC2)cc1. The van der Waals surface area contributed by atoms with Gasteiger partial charge in [-0.2, -0.15) is 0 Å². The summed E-state index contributed by atoms with van der Waals surface area (Å²) in [5.74, 6) is 0. The van der Waals surface area contributed by atoms with Gasteiger partial charge in [-0.1, -0.05) is 25.0 Å². The first-order valence-corrected chi connectivity index (χ1v) is 9.06. The number of aliphatic hydroxyl groups excluding tert-OH is 1. The molecule has 4 nitrogen and oxygen atoms in total. The monoisotopic (exact) mass is 318 g/mol. The summed E-state index contributed by atoms with van der Waals surface area (Å²) in [7, 11) is 0. The molecule has 0 saturated carbocycles. The van der Waals surface area contributed by atoms with Gasteiger partial charge < -0.3 is 14.7 Å². The molecule has 0 aromatic heterocycles. The molecule has 23 heavy (non-hydrogen) atoms. The Labute approximate surface area is 140 Å². The van der Waals surface area contributed by atoms with Crippen LogP contribution in [0.5, 0.6) is 0 Å². The number of nitrogens with zero attached hydrogens (tertiary/aromatic N) is 2. The summed E-state index contributed by atoms with van der Waals surface area (Å²) in [4.78, 5) is 4.93. The highest BCUT2D eigenvalue weighted by Gasteiger charge is 2.25. The highest BCUT2D eigenvalue weighted by atomic mass is 16.5. The Morgan fingerprint density at radius 2 is 1.78 bits per heavy atom. The summed E-state index contributed by atoms with van der Waals surface area (Å²) in [6, 6.07) is 9.47. The third-order valence-corrected chi connectivity index (χ3v) is 5.13. The van der Waals surface area contributed by atoms with Crippen LogP contribution in [0.1, 0.15) is 38.2 Å². The van der Waals surface area contributed by atoms with Gasteiger partial charge in [-0.25, -0.2) is 0 Å². The lowest BCUT2D eigenvalue weighted by Crippen LogP contribution is -2.48. The number of benzene rings is 1. The molecule has 2 fully saturated rings. The van der Waals surface area contributed by atoms with Crippen molar-refractivity contribution in [3.8, 4) is 0 Å². The van der Waals surface area contributed by atoms with Crippen molar-refractivity contribution in [1.82, 2.24) is 4.90 Å². The Morgan fingerprint density at radius 1 is 1.09 bits per heavy atom. The summed E-state index contributed by atoms with van der Waals surface area (Å²) in [5.41, 5.74) is 2.70. The zero-order valence-electron chi connectivity index (χ0n) is 14.3. The number of hydrogen-bond donors (Lipinski definition) is 1. The third kappa shape index (κ3) is 4.46. The van der Waals surface area contributed by atoms with Crippen molar-refractivity contribution in [2.45, 2.75) is 51.3 Å². The van der Waals surface area contributed by atoms with E-state index in [-0.39, 0.29) is 12.7 Å². The first-order chi connectivity index (χ1) is 11.3. The van der Waals surface area contributed by atoms with Gasteiger partial charge in [0.2, 0.25) is 0 Å². The van der Waals surface area contributed by atoms with Crippen LogP contribution in [0.4, 0.5) is 5.69 Å². The Hall–Kier alpha value is -1.10. The van der Waals surface area contributed by atoms with Crippen molar-refractivity contribution < 1.29 is 9.84 Å². The van der Waals surface area contributed by atoms with E-state index in [0.717, 1.165) is 13.1 Å². The van der Waals surface area contributed by atoms with Crippen LogP contribution in [-0.2, 0) is 11.3 Å². The van der Waals surface area contributed by atoms with E-state index in [1.807, 2.05) is 0 Å². The van der Waals surface area contributed by atoms with E-state index in [4.69, 9.17) is 4.74 Å². The Balaban J connectivity index is 1.60. The van der Waals surface area contributed by atoms with Gasteiger partial charge in [0.25, 0.3) is 0 Å². The van der Waals surface area contributed by atoms with Crippen LogP contribution in [-0.4, -0.2) is 55.0 Å². The van der Waals surface area contributed by atoms with Crippen LogP contribution in [0.25, 0.3) is 0 Å². The van der Waals surface area contributed by atoms with Gasteiger partial charge in [0.1, 0.15) is 0 Å². The highest BCUT2D eigenvalue weighted by Crippen LogP contribution is 2.21. The zero-order chi connectivity index (χ0) is 16.1. The molecule has 2 saturated heterocycles. The smallest absolute Gasteiger partial charge is 0.0933 e. The molecular weight excluding hydrogens is 288 g/mol. The molecule has 2 aliphatic rings. The lowest BCUT2D eigenvalue weighted by atomic mass is 10.1. The average Bonchev–Trinajstić information content (AvgIpc) is 2.87. The molecule has 2 unspecified atom stereocenters. The van der Waals surface area contributed by atoms with Gasteiger partial charge in [0, 0.05) is 37.9 Å². The van der Waals surface area contributed by atoms with E-state index < -0.39 is 0 Å². The molecule has 1 N–H and O–H groups in total. The van der Waals surface area contributed by atoms with E-state index in [9.17, 15) is 5.11 Å². The van der Waals surface area contributed by atoms with Crippen molar-refractivity contribution in [2.75, 3.05) is 37.7 Å². The van der Waals surface area contributed by atoms with Crippen LogP contribution in [0.15, 0.2) is 24.3 Å². The summed E-state index contributed by atoms with van der Waals surface area (Å²) in [5, 5.41) is 9.31. The third-order valence-electron chi connectivity index (χ3n) is 5.13. The molecule has 4 heteroatoms. The lowest BCUT2D eigenvalue weighted by Gasteiger charge is -2.37. The van der Waals surface area contributed by atoms with E-state index in [1.54, 1.807) is 0 Å². The number of aliphatic hydroxyl groups is 1. The molecule has 1 aromatic carbocycles. The van der Waals surface area contributed by atoms with Crippen molar-refractivity contribution in [1.29, 1.82) is 0 Å². The summed E-state index contributed by atoms with van der Waals surface area (Å²) >= 11 is 0. The molecule has 2 aliphatic heterocycles. The van der Waals surface area contributed by atoms with Gasteiger partial charge in [0.05, 0.1) is 19.3 Å². The second-order valence-electron chi connectivity index (χ2n) is 6.98. The van der Waals surface area contributed by atoms with E-state index in [0.29, 0.717) is 12.6 Å². The highest BCUT2D eigenvalue weighted by molar-refractivity contribution is 5.47. The van der Waals surface area contributed by atoms with Crippen molar-refractivity contribution in [3.63, 3.8) is 0 Å². The predicted octanol–water partition coefficient (Wildman–Crippen LogP) is 2.65. The van der Waals surface area contributed by atoms with Gasteiger partial charge in [0.15, 0.2) is 0 Å². The van der Waals surface area contributed by atoms with E-state index in [2.05, 4.69) is 41.0 Å². The quantitative estimate of drug-likeness (QED) is 0.926. The number of rotatable bonds is 4.